The molecule has 2 aromatic rings. The molecule has 0 atom stereocenters. The zero-order valence-electron chi connectivity index (χ0n) is 13.0. The van der Waals surface area contributed by atoms with Crippen molar-refractivity contribution >= 4 is 5.69 Å². The van der Waals surface area contributed by atoms with E-state index in [1.807, 2.05) is 37.3 Å². The average molecular weight is 297 g/mol. The van der Waals surface area contributed by atoms with E-state index >= 15 is 0 Å². The highest BCUT2D eigenvalue weighted by molar-refractivity contribution is 5.51. The summed E-state index contributed by atoms with van der Waals surface area (Å²) >= 11 is 0. The van der Waals surface area contributed by atoms with Gasteiger partial charge in [0.05, 0.1) is 5.60 Å². The second-order valence-corrected chi connectivity index (χ2v) is 6.26. The first kappa shape index (κ1) is 14.9. The minimum Gasteiger partial charge on any atom is -0.489 e. The first-order chi connectivity index (χ1) is 10.6. The Morgan fingerprint density at radius 2 is 1.77 bits per heavy atom. The molecule has 1 N–H and O–H groups in total. The predicted molar refractivity (Wildman–Crippen MR) is 89.3 cm³/mol. The van der Waals surface area contributed by atoms with E-state index in [9.17, 15) is 5.11 Å². The molecule has 1 heterocycles. The lowest BCUT2D eigenvalue weighted by Gasteiger charge is -2.37. The van der Waals surface area contributed by atoms with Crippen molar-refractivity contribution in [1.29, 1.82) is 0 Å². The van der Waals surface area contributed by atoms with Crippen molar-refractivity contribution in [2.24, 2.45) is 0 Å². The number of hydrogen-bond acceptors (Lipinski definition) is 3. The van der Waals surface area contributed by atoms with E-state index < -0.39 is 5.60 Å². The van der Waals surface area contributed by atoms with E-state index in [-0.39, 0.29) is 0 Å². The molecule has 0 unspecified atom stereocenters. The molecule has 3 nitrogen and oxygen atoms in total. The summed E-state index contributed by atoms with van der Waals surface area (Å²) in [7, 11) is 0. The lowest BCUT2D eigenvalue weighted by Crippen LogP contribution is -2.42. The van der Waals surface area contributed by atoms with Crippen LogP contribution in [0.15, 0.2) is 54.6 Å². The summed E-state index contributed by atoms with van der Waals surface area (Å²) in [5.41, 5.74) is 1.82. The molecule has 0 amide bonds. The average Bonchev–Trinajstić information content (AvgIpc) is 2.54. The van der Waals surface area contributed by atoms with E-state index in [4.69, 9.17) is 4.74 Å². The van der Waals surface area contributed by atoms with Gasteiger partial charge in [-0.3, -0.25) is 0 Å². The van der Waals surface area contributed by atoms with Crippen LogP contribution in [0.2, 0.25) is 0 Å². The Labute approximate surface area is 132 Å². The molecule has 0 aromatic heterocycles. The molecular weight excluding hydrogens is 274 g/mol. The van der Waals surface area contributed by atoms with Crippen molar-refractivity contribution in [3.05, 3.63) is 60.2 Å². The van der Waals surface area contributed by atoms with Crippen molar-refractivity contribution < 1.29 is 9.84 Å². The van der Waals surface area contributed by atoms with Gasteiger partial charge in [0.25, 0.3) is 0 Å². The van der Waals surface area contributed by atoms with Gasteiger partial charge in [0.2, 0.25) is 0 Å². The summed E-state index contributed by atoms with van der Waals surface area (Å²) in [4.78, 5) is 2.31. The fourth-order valence-corrected chi connectivity index (χ4v) is 2.76. The Hall–Kier alpha value is -2.00. The molecule has 0 bridgehead atoms. The largest absolute Gasteiger partial charge is 0.489 e. The van der Waals surface area contributed by atoms with Crippen LogP contribution < -0.4 is 9.64 Å². The summed E-state index contributed by atoms with van der Waals surface area (Å²) in [6, 6.07) is 18.4. The number of piperidine rings is 1. The Morgan fingerprint density at radius 1 is 1.05 bits per heavy atom. The van der Waals surface area contributed by atoms with Crippen molar-refractivity contribution in [3.8, 4) is 5.75 Å². The number of hydrogen-bond donors (Lipinski definition) is 1. The van der Waals surface area contributed by atoms with Gasteiger partial charge in [-0.05, 0) is 37.5 Å². The summed E-state index contributed by atoms with van der Waals surface area (Å²) < 4.78 is 5.89. The lowest BCUT2D eigenvalue weighted by molar-refractivity contribution is 0.0351. The first-order valence-electron chi connectivity index (χ1n) is 7.87. The van der Waals surface area contributed by atoms with Gasteiger partial charge in [0.15, 0.2) is 0 Å². The first-order valence-corrected chi connectivity index (χ1v) is 7.87. The molecule has 2 aromatic carbocycles. The molecule has 3 heteroatoms. The maximum Gasteiger partial charge on any atom is 0.121 e. The number of anilines is 1. The van der Waals surface area contributed by atoms with Gasteiger partial charge in [-0.1, -0.05) is 36.4 Å². The van der Waals surface area contributed by atoms with Crippen LogP contribution >= 0.6 is 0 Å². The Kier molecular flexibility index (Phi) is 4.34. The third kappa shape index (κ3) is 3.80. The van der Waals surface area contributed by atoms with E-state index in [2.05, 4.69) is 29.2 Å². The quantitative estimate of drug-likeness (QED) is 0.935. The maximum atomic E-state index is 10.1. The summed E-state index contributed by atoms with van der Waals surface area (Å²) in [5, 5.41) is 10.1. The molecule has 0 radical (unpaired) electrons. The summed E-state index contributed by atoms with van der Waals surface area (Å²) in [6.07, 6.45) is 1.62. The van der Waals surface area contributed by atoms with Crippen molar-refractivity contribution in [2.45, 2.75) is 32.0 Å². The molecule has 0 aliphatic carbocycles. The third-order valence-corrected chi connectivity index (χ3v) is 4.27. The Morgan fingerprint density at radius 3 is 2.50 bits per heavy atom. The highest BCUT2D eigenvalue weighted by Gasteiger charge is 2.27. The van der Waals surface area contributed by atoms with Crippen LogP contribution in [0.3, 0.4) is 0 Å². The number of aliphatic hydroxyl groups is 1. The molecule has 0 spiro atoms. The van der Waals surface area contributed by atoms with Gasteiger partial charge >= 0.3 is 0 Å². The zero-order chi connectivity index (χ0) is 15.4. The molecule has 0 saturated carbocycles. The van der Waals surface area contributed by atoms with Crippen LogP contribution in [0.4, 0.5) is 5.69 Å². The molecule has 22 heavy (non-hydrogen) atoms. The molecule has 1 saturated heterocycles. The van der Waals surface area contributed by atoms with Crippen molar-refractivity contribution in [1.82, 2.24) is 0 Å². The number of benzene rings is 2. The SMILES string of the molecule is CC1(O)CCN(c2cccc(OCc3ccccc3)c2)CC1. The van der Waals surface area contributed by atoms with E-state index in [1.165, 1.54) is 11.3 Å². The van der Waals surface area contributed by atoms with Gasteiger partial charge in [-0.25, -0.2) is 0 Å². The summed E-state index contributed by atoms with van der Waals surface area (Å²) in [6.45, 7) is 4.27. The second kappa shape index (κ2) is 6.41. The second-order valence-electron chi connectivity index (χ2n) is 6.26. The van der Waals surface area contributed by atoms with Crippen LogP contribution in [0.5, 0.6) is 5.75 Å². The minimum absolute atomic E-state index is 0.516. The standard InChI is InChI=1S/C19H23NO2/c1-19(21)10-12-20(13-11-19)17-8-5-9-18(14-17)22-15-16-6-3-2-4-7-16/h2-9,14,21H,10-13,15H2,1H3. The van der Waals surface area contributed by atoms with Crippen molar-refractivity contribution in [3.63, 3.8) is 0 Å². The maximum absolute atomic E-state index is 10.1. The number of nitrogens with zero attached hydrogens (tertiary/aromatic N) is 1. The molecular formula is C19H23NO2. The predicted octanol–water partition coefficient (Wildman–Crippen LogP) is 3.62. The van der Waals surface area contributed by atoms with Crippen LogP contribution in [-0.2, 0) is 6.61 Å². The molecule has 3 rings (SSSR count). The lowest BCUT2D eigenvalue weighted by atomic mass is 9.93. The summed E-state index contributed by atoms with van der Waals surface area (Å²) in [5.74, 6) is 0.888. The van der Waals surface area contributed by atoms with Gasteiger partial charge < -0.3 is 14.7 Å². The highest BCUT2D eigenvalue weighted by Crippen LogP contribution is 2.28. The smallest absolute Gasteiger partial charge is 0.121 e. The van der Waals surface area contributed by atoms with Gasteiger partial charge in [0.1, 0.15) is 12.4 Å². The van der Waals surface area contributed by atoms with Crippen LogP contribution in [0.25, 0.3) is 0 Å². The minimum atomic E-state index is -0.516. The van der Waals surface area contributed by atoms with Crippen LogP contribution in [0.1, 0.15) is 25.3 Å². The Bertz CT molecular complexity index is 600. The number of ether oxygens (including phenoxy) is 1. The van der Waals surface area contributed by atoms with Gasteiger partial charge in [-0.2, -0.15) is 0 Å². The third-order valence-electron chi connectivity index (χ3n) is 4.27. The monoisotopic (exact) mass is 297 g/mol. The van der Waals surface area contributed by atoms with Gasteiger partial charge in [-0.15, -0.1) is 0 Å². The molecule has 1 fully saturated rings. The van der Waals surface area contributed by atoms with Crippen LogP contribution in [-0.4, -0.2) is 23.8 Å². The molecule has 116 valence electrons. The topological polar surface area (TPSA) is 32.7 Å². The molecule has 1 aliphatic rings. The zero-order valence-corrected chi connectivity index (χ0v) is 13.0. The number of rotatable bonds is 4. The fourth-order valence-electron chi connectivity index (χ4n) is 2.76. The van der Waals surface area contributed by atoms with Gasteiger partial charge in [0, 0.05) is 24.8 Å². The van der Waals surface area contributed by atoms with E-state index in [0.29, 0.717) is 6.61 Å². The van der Waals surface area contributed by atoms with Crippen LogP contribution in [0, 0.1) is 0 Å². The van der Waals surface area contributed by atoms with E-state index in [1.54, 1.807) is 0 Å². The molecule has 1 aliphatic heterocycles. The van der Waals surface area contributed by atoms with E-state index in [0.717, 1.165) is 31.7 Å². The fraction of sp³-hybridized carbons (Fsp3) is 0.368. The van der Waals surface area contributed by atoms with Crippen molar-refractivity contribution in [2.75, 3.05) is 18.0 Å². The Balaban J connectivity index is 1.63. The normalized spacial score (nSPS) is 17.3. The highest BCUT2D eigenvalue weighted by atomic mass is 16.5.